The molecule has 0 heterocycles. The van der Waals surface area contributed by atoms with Gasteiger partial charge >= 0.3 is 0 Å². The highest BCUT2D eigenvalue weighted by molar-refractivity contribution is 7.89. The van der Waals surface area contributed by atoms with Gasteiger partial charge in [-0.2, -0.15) is 4.31 Å². The van der Waals surface area contributed by atoms with E-state index in [0.717, 1.165) is 4.31 Å². The Hall–Kier alpha value is -2.42. The molecule has 0 saturated heterocycles. The zero-order valence-corrected chi connectivity index (χ0v) is 15.8. The van der Waals surface area contributed by atoms with Crippen LogP contribution in [0.1, 0.15) is 10.4 Å². The summed E-state index contributed by atoms with van der Waals surface area (Å²) in [6.45, 7) is -0.380. The zero-order valence-electron chi connectivity index (χ0n) is 14.2. The summed E-state index contributed by atoms with van der Waals surface area (Å²) in [5, 5.41) is 5.25. The number of carbonyl (C=O) groups is 2. The van der Waals surface area contributed by atoms with Crippen molar-refractivity contribution in [2.45, 2.75) is 4.90 Å². The summed E-state index contributed by atoms with van der Waals surface area (Å²) in [6.07, 6.45) is 0. The Labute approximate surface area is 157 Å². The molecule has 2 N–H and O–H groups in total. The lowest BCUT2D eigenvalue weighted by Gasteiger charge is -2.17. The molecule has 2 amide bonds. The summed E-state index contributed by atoms with van der Waals surface area (Å²) >= 11 is 5.96. The topological polar surface area (TPSA) is 95.6 Å². The van der Waals surface area contributed by atoms with Crippen LogP contribution < -0.4 is 10.6 Å². The van der Waals surface area contributed by atoms with Crippen LogP contribution in [0.15, 0.2) is 53.4 Å². The van der Waals surface area contributed by atoms with E-state index in [1.54, 1.807) is 18.2 Å². The lowest BCUT2D eigenvalue weighted by molar-refractivity contribution is -0.116. The smallest absolute Gasteiger partial charge is 0.252 e. The van der Waals surface area contributed by atoms with Gasteiger partial charge in [-0.3, -0.25) is 9.59 Å². The number of amides is 2. The Kier molecular flexibility index (Phi) is 6.36. The zero-order chi connectivity index (χ0) is 19.3. The molecule has 2 rings (SSSR count). The minimum Gasteiger partial charge on any atom is -0.355 e. The first-order valence-electron chi connectivity index (χ1n) is 7.58. The van der Waals surface area contributed by atoms with Gasteiger partial charge in [0.15, 0.2) is 0 Å². The standard InChI is InChI=1S/C17H18ClN3O4S/c1-19-17(23)14-10-12(8-9-15(14)18)20-16(22)11-21(2)26(24,25)13-6-4-3-5-7-13/h3-10H,11H2,1-2H3,(H,19,23)(H,20,22). The maximum atomic E-state index is 12.4. The van der Waals surface area contributed by atoms with E-state index in [9.17, 15) is 18.0 Å². The molecule has 2 aromatic rings. The number of benzene rings is 2. The van der Waals surface area contributed by atoms with Crippen LogP contribution >= 0.6 is 11.6 Å². The van der Waals surface area contributed by atoms with Crippen molar-refractivity contribution in [1.82, 2.24) is 9.62 Å². The Morgan fingerprint density at radius 3 is 2.38 bits per heavy atom. The molecule has 0 unspecified atom stereocenters. The number of rotatable bonds is 6. The molecule has 0 saturated carbocycles. The first-order valence-corrected chi connectivity index (χ1v) is 9.40. The van der Waals surface area contributed by atoms with E-state index in [1.165, 1.54) is 44.4 Å². The fourth-order valence-corrected chi connectivity index (χ4v) is 3.52. The minimum absolute atomic E-state index is 0.101. The van der Waals surface area contributed by atoms with E-state index in [2.05, 4.69) is 10.6 Å². The minimum atomic E-state index is -3.77. The van der Waals surface area contributed by atoms with Gasteiger partial charge in [-0.25, -0.2) is 8.42 Å². The molecular weight excluding hydrogens is 378 g/mol. The van der Waals surface area contributed by atoms with Crippen LogP contribution in [0.4, 0.5) is 5.69 Å². The highest BCUT2D eigenvalue weighted by Crippen LogP contribution is 2.21. The number of hydrogen-bond acceptors (Lipinski definition) is 4. The summed E-state index contributed by atoms with van der Waals surface area (Å²) in [5.74, 6) is -0.938. The van der Waals surface area contributed by atoms with E-state index in [0.29, 0.717) is 5.69 Å². The maximum absolute atomic E-state index is 12.4. The number of hydrogen-bond donors (Lipinski definition) is 2. The summed E-state index contributed by atoms with van der Waals surface area (Å²) < 4.78 is 25.8. The molecule has 0 bridgehead atoms. The molecule has 26 heavy (non-hydrogen) atoms. The van der Waals surface area contributed by atoms with Crippen LogP contribution in [0, 0.1) is 0 Å². The van der Waals surface area contributed by atoms with Gasteiger partial charge in [0.2, 0.25) is 15.9 Å². The van der Waals surface area contributed by atoms with Gasteiger partial charge in [0.05, 0.1) is 22.0 Å². The maximum Gasteiger partial charge on any atom is 0.252 e. The van der Waals surface area contributed by atoms with Gasteiger partial charge in [0.25, 0.3) is 5.91 Å². The molecule has 0 aliphatic carbocycles. The summed E-state index contributed by atoms with van der Waals surface area (Å²) in [5.41, 5.74) is 0.542. The normalized spacial score (nSPS) is 11.2. The molecule has 0 aromatic heterocycles. The first kappa shape index (κ1) is 19.9. The van der Waals surface area contributed by atoms with Gasteiger partial charge in [0.1, 0.15) is 0 Å². The van der Waals surface area contributed by atoms with Gasteiger partial charge in [-0.05, 0) is 30.3 Å². The van der Waals surface area contributed by atoms with Crippen LogP contribution in [-0.4, -0.2) is 45.2 Å². The van der Waals surface area contributed by atoms with Crippen LogP contribution in [0.2, 0.25) is 5.02 Å². The third kappa shape index (κ3) is 4.60. The number of anilines is 1. The van der Waals surface area contributed by atoms with Crippen molar-refractivity contribution in [3.8, 4) is 0 Å². The Bertz CT molecular complexity index is 917. The van der Waals surface area contributed by atoms with E-state index >= 15 is 0 Å². The molecule has 0 spiro atoms. The van der Waals surface area contributed by atoms with Crippen molar-refractivity contribution < 1.29 is 18.0 Å². The second-order valence-electron chi connectivity index (χ2n) is 5.40. The van der Waals surface area contributed by atoms with Crippen LogP contribution in [0.5, 0.6) is 0 Å². The number of nitrogens with zero attached hydrogens (tertiary/aromatic N) is 1. The van der Waals surface area contributed by atoms with E-state index in [-0.39, 0.29) is 22.0 Å². The fraction of sp³-hybridized carbons (Fsp3) is 0.176. The van der Waals surface area contributed by atoms with Crippen LogP contribution in [0.25, 0.3) is 0 Å². The average molecular weight is 396 g/mol. The lowest BCUT2D eigenvalue weighted by Crippen LogP contribution is -2.35. The van der Waals surface area contributed by atoms with Crippen molar-refractivity contribution >= 4 is 39.1 Å². The van der Waals surface area contributed by atoms with Crippen molar-refractivity contribution in [3.05, 3.63) is 59.1 Å². The molecule has 0 radical (unpaired) electrons. The summed E-state index contributed by atoms with van der Waals surface area (Å²) in [6, 6.07) is 12.3. The molecule has 0 fully saturated rings. The quantitative estimate of drug-likeness (QED) is 0.781. The fourth-order valence-electron chi connectivity index (χ4n) is 2.17. The van der Waals surface area contributed by atoms with Crippen molar-refractivity contribution in [1.29, 1.82) is 0 Å². The molecular formula is C17H18ClN3O4S. The number of likely N-dealkylation sites (N-methyl/N-ethyl adjacent to an activating group) is 1. The highest BCUT2D eigenvalue weighted by atomic mass is 35.5. The number of nitrogens with one attached hydrogen (secondary N) is 2. The monoisotopic (exact) mass is 395 g/mol. The van der Waals surface area contributed by atoms with Crippen LogP contribution in [0.3, 0.4) is 0 Å². The molecule has 0 atom stereocenters. The van der Waals surface area contributed by atoms with Crippen molar-refractivity contribution in [2.24, 2.45) is 0 Å². The van der Waals surface area contributed by atoms with E-state index in [1.807, 2.05) is 0 Å². The number of halogens is 1. The third-order valence-corrected chi connectivity index (χ3v) is 5.69. The Balaban J connectivity index is 2.10. The molecule has 0 aliphatic heterocycles. The largest absolute Gasteiger partial charge is 0.355 e. The van der Waals surface area contributed by atoms with Crippen molar-refractivity contribution in [2.75, 3.05) is 26.0 Å². The van der Waals surface area contributed by atoms with E-state index < -0.39 is 21.8 Å². The summed E-state index contributed by atoms with van der Waals surface area (Å²) in [7, 11) is -0.987. The molecule has 0 aliphatic rings. The van der Waals surface area contributed by atoms with Crippen molar-refractivity contribution in [3.63, 3.8) is 0 Å². The van der Waals surface area contributed by atoms with Gasteiger partial charge in [-0.15, -0.1) is 0 Å². The third-order valence-electron chi connectivity index (χ3n) is 3.54. The predicted octanol–water partition coefficient (Wildman–Crippen LogP) is 1.96. The predicted molar refractivity (Wildman–Crippen MR) is 99.7 cm³/mol. The Morgan fingerprint density at radius 1 is 1.12 bits per heavy atom. The van der Waals surface area contributed by atoms with Gasteiger partial charge in [0, 0.05) is 19.8 Å². The van der Waals surface area contributed by atoms with E-state index in [4.69, 9.17) is 11.6 Å². The molecule has 138 valence electrons. The number of carbonyl (C=O) groups excluding carboxylic acids is 2. The summed E-state index contributed by atoms with van der Waals surface area (Å²) in [4.78, 5) is 24.0. The van der Waals surface area contributed by atoms with Gasteiger partial charge < -0.3 is 10.6 Å². The number of sulfonamides is 1. The average Bonchev–Trinajstić information content (AvgIpc) is 2.63. The molecule has 9 heteroatoms. The van der Waals surface area contributed by atoms with Gasteiger partial charge in [-0.1, -0.05) is 29.8 Å². The lowest BCUT2D eigenvalue weighted by atomic mass is 10.2. The molecule has 2 aromatic carbocycles. The molecule has 7 nitrogen and oxygen atoms in total. The SMILES string of the molecule is CNC(=O)c1cc(NC(=O)CN(C)S(=O)(=O)c2ccccc2)ccc1Cl. The first-order chi connectivity index (χ1) is 12.3. The second-order valence-corrected chi connectivity index (χ2v) is 7.85. The van der Waals surface area contributed by atoms with Crippen LogP contribution in [-0.2, 0) is 14.8 Å². The Morgan fingerprint density at radius 2 is 1.77 bits per heavy atom. The second kappa shape index (κ2) is 8.31. The highest BCUT2D eigenvalue weighted by Gasteiger charge is 2.22.